The summed E-state index contributed by atoms with van der Waals surface area (Å²) in [6, 6.07) is 25.1. The predicted octanol–water partition coefficient (Wildman–Crippen LogP) is 4.77. The van der Waals surface area contributed by atoms with Crippen LogP contribution in [0.2, 0.25) is 0 Å². The smallest absolute Gasteiger partial charge is 0.254 e. The maximum Gasteiger partial charge on any atom is 0.254 e. The molecule has 3 nitrogen and oxygen atoms in total. The number of amides is 1. The summed E-state index contributed by atoms with van der Waals surface area (Å²) in [5.41, 5.74) is 2.16. The fourth-order valence-corrected chi connectivity index (χ4v) is 4.43. The molecule has 1 heterocycles. The molecule has 0 aromatic heterocycles. The van der Waals surface area contributed by atoms with Gasteiger partial charge in [-0.05, 0) is 73.7 Å². The minimum Gasteiger partial charge on any atom is -0.336 e. The van der Waals surface area contributed by atoms with E-state index in [2.05, 4.69) is 72.6 Å². The van der Waals surface area contributed by atoms with Crippen LogP contribution in [0.25, 0.3) is 10.8 Å². The first-order chi connectivity index (χ1) is 14.1. The summed E-state index contributed by atoms with van der Waals surface area (Å²) in [4.78, 5) is 15.4. The molecule has 0 radical (unpaired) electrons. The van der Waals surface area contributed by atoms with E-state index in [1.807, 2.05) is 24.3 Å². The third-order valence-electron chi connectivity index (χ3n) is 6.13. The molecule has 1 amide bonds. The van der Waals surface area contributed by atoms with E-state index < -0.39 is 0 Å². The number of rotatable bonds is 6. The van der Waals surface area contributed by atoms with Gasteiger partial charge in [-0.1, -0.05) is 60.7 Å². The summed E-state index contributed by atoms with van der Waals surface area (Å²) in [6.07, 6.45) is 1.06. The van der Waals surface area contributed by atoms with E-state index in [9.17, 15) is 4.79 Å². The Hall–Kier alpha value is -2.65. The molecule has 150 valence electrons. The molecule has 2 atom stereocenters. The average Bonchev–Trinajstić information content (AvgIpc) is 3.18. The van der Waals surface area contributed by atoms with E-state index in [0.717, 1.165) is 37.0 Å². The van der Waals surface area contributed by atoms with Gasteiger partial charge in [-0.3, -0.25) is 4.79 Å². The lowest BCUT2D eigenvalue weighted by Gasteiger charge is -2.31. The van der Waals surface area contributed by atoms with Gasteiger partial charge in [-0.25, -0.2) is 0 Å². The number of carbonyl (C=O) groups is 1. The Kier molecular flexibility index (Phi) is 5.96. The van der Waals surface area contributed by atoms with Crippen molar-refractivity contribution in [2.45, 2.75) is 26.3 Å². The molecule has 0 aliphatic carbocycles. The van der Waals surface area contributed by atoms with E-state index in [-0.39, 0.29) is 11.9 Å². The molecule has 3 aromatic carbocycles. The highest BCUT2D eigenvalue weighted by molar-refractivity contribution is 5.98. The van der Waals surface area contributed by atoms with Crippen LogP contribution in [0.4, 0.5) is 0 Å². The molecule has 0 unspecified atom stereocenters. The Bertz CT molecular complexity index is 967. The van der Waals surface area contributed by atoms with Crippen molar-refractivity contribution in [3.8, 4) is 0 Å². The molecule has 1 aliphatic rings. The molecular formula is C26H30N2O. The summed E-state index contributed by atoms with van der Waals surface area (Å²) >= 11 is 0. The highest BCUT2D eigenvalue weighted by atomic mass is 16.2. The number of benzene rings is 3. The third kappa shape index (κ3) is 4.51. The SMILES string of the molecule is CC(C)N(C[C@H]1CNC[C@@H]1Cc1ccccc1)C(=O)c1ccc2ccccc2c1. The Morgan fingerprint density at radius 3 is 2.38 bits per heavy atom. The topological polar surface area (TPSA) is 32.3 Å². The summed E-state index contributed by atoms with van der Waals surface area (Å²) in [7, 11) is 0. The van der Waals surface area contributed by atoms with Crippen molar-refractivity contribution in [3.05, 3.63) is 83.9 Å². The quantitative estimate of drug-likeness (QED) is 0.662. The van der Waals surface area contributed by atoms with Gasteiger partial charge < -0.3 is 10.2 Å². The molecule has 3 aromatic rings. The van der Waals surface area contributed by atoms with E-state index in [0.29, 0.717) is 11.8 Å². The van der Waals surface area contributed by atoms with Gasteiger partial charge in [-0.2, -0.15) is 0 Å². The van der Waals surface area contributed by atoms with Gasteiger partial charge in [0, 0.05) is 18.2 Å². The molecule has 4 rings (SSSR count). The minimum absolute atomic E-state index is 0.135. The fourth-order valence-electron chi connectivity index (χ4n) is 4.43. The first kappa shape index (κ1) is 19.7. The van der Waals surface area contributed by atoms with Crippen LogP contribution in [0, 0.1) is 11.8 Å². The molecule has 0 bridgehead atoms. The summed E-state index contributed by atoms with van der Waals surface area (Å²) in [6.45, 7) is 7.04. The predicted molar refractivity (Wildman–Crippen MR) is 120 cm³/mol. The molecule has 1 N–H and O–H groups in total. The molecular weight excluding hydrogens is 356 g/mol. The molecule has 29 heavy (non-hydrogen) atoms. The second kappa shape index (κ2) is 8.79. The first-order valence-electron chi connectivity index (χ1n) is 10.7. The molecule has 3 heteroatoms. The zero-order valence-corrected chi connectivity index (χ0v) is 17.3. The number of hydrogen-bond acceptors (Lipinski definition) is 2. The van der Waals surface area contributed by atoms with E-state index in [1.54, 1.807) is 0 Å². The monoisotopic (exact) mass is 386 g/mol. The van der Waals surface area contributed by atoms with Crippen molar-refractivity contribution in [1.82, 2.24) is 10.2 Å². The Morgan fingerprint density at radius 2 is 1.62 bits per heavy atom. The van der Waals surface area contributed by atoms with Crippen LogP contribution < -0.4 is 5.32 Å². The number of fused-ring (bicyclic) bond motifs is 1. The van der Waals surface area contributed by atoms with Crippen LogP contribution in [-0.2, 0) is 6.42 Å². The van der Waals surface area contributed by atoms with E-state index in [4.69, 9.17) is 0 Å². The van der Waals surface area contributed by atoms with Crippen LogP contribution in [0.5, 0.6) is 0 Å². The van der Waals surface area contributed by atoms with Crippen molar-refractivity contribution in [3.63, 3.8) is 0 Å². The Balaban J connectivity index is 1.51. The molecule has 0 spiro atoms. The Labute approximate surface area is 173 Å². The van der Waals surface area contributed by atoms with Gasteiger partial charge >= 0.3 is 0 Å². The number of carbonyl (C=O) groups excluding carboxylic acids is 1. The maximum absolute atomic E-state index is 13.4. The lowest BCUT2D eigenvalue weighted by atomic mass is 9.89. The van der Waals surface area contributed by atoms with Gasteiger partial charge in [0.15, 0.2) is 0 Å². The van der Waals surface area contributed by atoms with Crippen LogP contribution >= 0.6 is 0 Å². The van der Waals surface area contributed by atoms with Crippen molar-refractivity contribution in [1.29, 1.82) is 0 Å². The van der Waals surface area contributed by atoms with Crippen LogP contribution in [0.15, 0.2) is 72.8 Å². The number of nitrogens with one attached hydrogen (secondary N) is 1. The molecule has 1 saturated heterocycles. The summed E-state index contributed by atoms with van der Waals surface area (Å²) in [5, 5.41) is 5.84. The minimum atomic E-state index is 0.135. The molecule has 0 saturated carbocycles. The largest absolute Gasteiger partial charge is 0.336 e. The Morgan fingerprint density at radius 1 is 0.931 bits per heavy atom. The van der Waals surface area contributed by atoms with Gasteiger partial charge in [0.05, 0.1) is 0 Å². The lowest BCUT2D eigenvalue weighted by molar-refractivity contribution is 0.0662. The third-order valence-corrected chi connectivity index (χ3v) is 6.13. The maximum atomic E-state index is 13.4. The second-order valence-electron chi connectivity index (χ2n) is 8.48. The van der Waals surface area contributed by atoms with Crippen molar-refractivity contribution >= 4 is 16.7 Å². The first-order valence-corrected chi connectivity index (χ1v) is 10.7. The summed E-state index contributed by atoms with van der Waals surface area (Å²) < 4.78 is 0. The van der Waals surface area contributed by atoms with Crippen molar-refractivity contribution < 1.29 is 4.79 Å². The number of hydrogen-bond donors (Lipinski definition) is 1. The zero-order chi connectivity index (χ0) is 20.2. The van der Waals surface area contributed by atoms with Crippen molar-refractivity contribution in [2.75, 3.05) is 19.6 Å². The van der Waals surface area contributed by atoms with Gasteiger partial charge in [-0.15, -0.1) is 0 Å². The summed E-state index contributed by atoms with van der Waals surface area (Å²) in [5.74, 6) is 1.17. The average molecular weight is 387 g/mol. The number of nitrogens with zero attached hydrogens (tertiary/aromatic N) is 1. The highest BCUT2D eigenvalue weighted by Gasteiger charge is 2.31. The van der Waals surface area contributed by atoms with Crippen molar-refractivity contribution in [2.24, 2.45) is 11.8 Å². The van der Waals surface area contributed by atoms with Gasteiger partial charge in [0.1, 0.15) is 0 Å². The lowest BCUT2D eigenvalue weighted by Crippen LogP contribution is -2.42. The van der Waals surface area contributed by atoms with E-state index >= 15 is 0 Å². The van der Waals surface area contributed by atoms with Gasteiger partial charge in [0.2, 0.25) is 0 Å². The fraction of sp³-hybridized carbons (Fsp3) is 0.346. The van der Waals surface area contributed by atoms with Crippen LogP contribution in [-0.4, -0.2) is 36.5 Å². The zero-order valence-electron chi connectivity index (χ0n) is 17.3. The highest BCUT2D eigenvalue weighted by Crippen LogP contribution is 2.25. The standard InChI is InChI=1S/C26H30N2O/c1-19(2)28(26(29)23-13-12-21-10-6-7-11-22(21)15-23)18-25-17-27-16-24(25)14-20-8-4-3-5-9-20/h3-13,15,19,24-25,27H,14,16-18H2,1-2H3/t24-,25+/m0/s1. The second-order valence-corrected chi connectivity index (χ2v) is 8.48. The van der Waals surface area contributed by atoms with Crippen LogP contribution in [0.3, 0.4) is 0 Å². The van der Waals surface area contributed by atoms with E-state index in [1.165, 1.54) is 10.9 Å². The molecule has 1 aliphatic heterocycles. The van der Waals surface area contributed by atoms with Gasteiger partial charge in [0.25, 0.3) is 5.91 Å². The van der Waals surface area contributed by atoms with Crippen LogP contribution in [0.1, 0.15) is 29.8 Å². The normalized spacial score (nSPS) is 19.0. The molecule has 1 fully saturated rings.